The average molecular weight is 447 g/mol. The van der Waals surface area contributed by atoms with E-state index in [0.717, 1.165) is 38.5 Å². The first-order valence-corrected chi connectivity index (χ1v) is 12.8. The van der Waals surface area contributed by atoms with Gasteiger partial charge in [-0.2, -0.15) is 0 Å². The van der Waals surface area contributed by atoms with Gasteiger partial charge in [0.15, 0.2) is 6.17 Å². The highest BCUT2D eigenvalue weighted by atomic mass is 32.1. The minimum absolute atomic E-state index is 0.0371. The number of carbonyl (C=O) groups excluding carboxylic acids is 2. The number of thiophene rings is 1. The van der Waals surface area contributed by atoms with Gasteiger partial charge in [0.05, 0.1) is 6.54 Å². The fourth-order valence-corrected chi connectivity index (χ4v) is 8.99. The summed E-state index contributed by atoms with van der Waals surface area (Å²) in [7, 11) is 1.80. The van der Waals surface area contributed by atoms with E-state index < -0.39 is 6.17 Å². The second-order valence-corrected chi connectivity index (χ2v) is 12.1. The van der Waals surface area contributed by atoms with Crippen LogP contribution in [0.1, 0.15) is 63.7 Å². The Morgan fingerprint density at radius 2 is 1.97 bits per heavy atom. The number of likely N-dealkylation sites (tertiary alicyclic amines) is 1. The fraction of sp³-hybridized carbons (Fsp3) is 0.760. The number of piperidine rings is 1. The summed E-state index contributed by atoms with van der Waals surface area (Å²) < 4.78 is 14.7. The predicted molar refractivity (Wildman–Crippen MR) is 120 cm³/mol. The molecule has 170 valence electrons. The molecule has 0 radical (unpaired) electrons. The number of nitrogens with zero attached hydrogens (tertiary/aromatic N) is 1. The lowest BCUT2D eigenvalue weighted by molar-refractivity contribution is -0.169. The van der Waals surface area contributed by atoms with Gasteiger partial charge < -0.3 is 10.2 Å². The first kappa shape index (κ1) is 21.4. The summed E-state index contributed by atoms with van der Waals surface area (Å²) in [5, 5.41) is 5.25. The van der Waals surface area contributed by atoms with Crippen molar-refractivity contribution in [3.8, 4) is 0 Å². The van der Waals surface area contributed by atoms with Gasteiger partial charge in [-0.1, -0.05) is 19.9 Å². The van der Waals surface area contributed by atoms with E-state index in [1.165, 1.54) is 4.88 Å². The molecule has 8 atom stereocenters. The van der Waals surface area contributed by atoms with E-state index >= 15 is 0 Å². The zero-order valence-electron chi connectivity index (χ0n) is 18.9. The predicted octanol–water partition coefficient (Wildman–Crippen LogP) is 4.79. The molecule has 4 aliphatic rings. The lowest BCUT2D eigenvalue weighted by atomic mass is 9.46. The van der Waals surface area contributed by atoms with Gasteiger partial charge in [-0.25, -0.2) is 4.39 Å². The van der Waals surface area contributed by atoms with Crippen LogP contribution in [0.2, 0.25) is 0 Å². The molecule has 3 saturated carbocycles. The third-order valence-corrected chi connectivity index (χ3v) is 10.7. The highest BCUT2D eigenvalue weighted by molar-refractivity contribution is 7.09. The minimum Gasteiger partial charge on any atom is -0.351 e. The number of fused-ring (bicyclic) bond motifs is 5. The van der Waals surface area contributed by atoms with Crippen molar-refractivity contribution in [2.45, 2.75) is 77.6 Å². The molecule has 1 N–H and O–H groups in total. The molecule has 2 unspecified atom stereocenters. The van der Waals surface area contributed by atoms with Crippen LogP contribution in [0.15, 0.2) is 17.5 Å². The molecular weight excluding hydrogens is 411 g/mol. The Balaban J connectivity index is 1.34. The summed E-state index contributed by atoms with van der Waals surface area (Å²) in [5.41, 5.74) is -0.110. The van der Waals surface area contributed by atoms with Crippen LogP contribution in [-0.4, -0.2) is 36.0 Å². The smallest absolute Gasteiger partial charge is 0.257 e. The molecule has 5 rings (SSSR count). The molecule has 2 amide bonds. The van der Waals surface area contributed by atoms with Crippen LogP contribution in [0, 0.1) is 34.5 Å². The van der Waals surface area contributed by atoms with Crippen molar-refractivity contribution in [1.82, 2.24) is 10.2 Å². The van der Waals surface area contributed by atoms with Crippen molar-refractivity contribution in [3.05, 3.63) is 22.4 Å². The average Bonchev–Trinajstić information content (AvgIpc) is 3.37. The molecule has 31 heavy (non-hydrogen) atoms. The quantitative estimate of drug-likeness (QED) is 0.726. The molecule has 4 nitrogen and oxygen atoms in total. The van der Waals surface area contributed by atoms with Crippen LogP contribution in [0.3, 0.4) is 0 Å². The monoisotopic (exact) mass is 446 g/mol. The second kappa shape index (κ2) is 7.57. The maximum Gasteiger partial charge on any atom is 0.257 e. The SMILES string of the molecule is CN1C(=O)[C@H](F)C[C@]2(C)C3CC[C@]4(C)[C@@H](C(=O)NCc5cccs5)CC[C@H]4C3CC[C@@H]12. The van der Waals surface area contributed by atoms with Crippen molar-refractivity contribution in [2.75, 3.05) is 7.05 Å². The third-order valence-electron chi connectivity index (χ3n) is 9.85. The zero-order valence-corrected chi connectivity index (χ0v) is 19.7. The number of carbonyl (C=O) groups is 2. The molecule has 1 aromatic heterocycles. The van der Waals surface area contributed by atoms with Crippen LogP contribution in [0.25, 0.3) is 0 Å². The number of rotatable bonds is 3. The van der Waals surface area contributed by atoms with Crippen molar-refractivity contribution in [1.29, 1.82) is 0 Å². The molecule has 1 aromatic rings. The summed E-state index contributed by atoms with van der Waals surface area (Å²) in [6, 6.07) is 4.25. The molecule has 0 aromatic carbocycles. The Hall–Kier alpha value is -1.43. The molecule has 0 spiro atoms. The van der Waals surface area contributed by atoms with Gasteiger partial charge >= 0.3 is 0 Å². The van der Waals surface area contributed by atoms with Crippen LogP contribution >= 0.6 is 11.3 Å². The number of alkyl halides is 1. The summed E-state index contributed by atoms with van der Waals surface area (Å²) >= 11 is 1.68. The van der Waals surface area contributed by atoms with Gasteiger partial charge in [-0.3, -0.25) is 9.59 Å². The van der Waals surface area contributed by atoms with Gasteiger partial charge in [-0.05, 0) is 85.0 Å². The Kier molecular flexibility index (Phi) is 5.23. The number of amides is 2. The van der Waals surface area contributed by atoms with E-state index in [4.69, 9.17) is 0 Å². The van der Waals surface area contributed by atoms with Gasteiger partial charge in [0.1, 0.15) is 0 Å². The molecule has 2 heterocycles. The molecule has 3 aliphatic carbocycles. The summed E-state index contributed by atoms with van der Waals surface area (Å²) in [6.07, 6.45) is 5.22. The number of hydrogen-bond donors (Lipinski definition) is 1. The molecule has 1 aliphatic heterocycles. The van der Waals surface area contributed by atoms with Crippen LogP contribution in [0.5, 0.6) is 0 Å². The lowest BCUT2D eigenvalue weighted by Gasteiger charge is -2.62. The van der Waals surface area contributed by atoms with E-state index in [0.29, 0.717) is 30.7 Å². The Morgan fingerprint density at radius 3 is 2.71 bits per heavy atom. The summed E-state index contributed by atoms with van der Waals surface area (Å²) in [5.74, 6) is 1.49. The highest BCUT2D eigenvalue weighted by Crippen LogP contribution is 2.66. The summed E-state index contributed by atoms with van der Waals surface area (Å²) in [6.45, 7) is 5.21. The number of nitrogens with one attached hydrogen (secondary N) is 1. The maximum absolute atomic E-state index is 14.7. The lowest BCUT2D eigenvalue weighted by Crippen LogP contribution is -2.64. The molecule has 6 heteroatoms. The zero-order chi connectivity index (χ0) is 22.0. The minimum atomic E-state index is -1.36. The van der Waals surface area contributed by atoms with E-state index in [1.54, 1.807) is 23.3 Å². The third kappa shape index (κ3) is 3.19. The van der Waals surface area contributed by atoms with Crippen molar-refractivity contribution in [3.63, 3.8) is 0 Å². The first-order valence-electron chi connectivity index (χ1n) is 12.0. The van der Waals surface area contributed by atoms with Crippen LogP contribution < -0.4 is 5.32 Å². The van der Waals surface area contributed by atoms with Crippen LogP contribution in [0.4, 0.5) is 4.39 Å². The number of halogens is 1. The Bertz CT molecular complexity index is 860. The second-order valence-electron chi connectivity index (χ2n) is 11.1. The van der Waals surface area contributed by atoms with Gasteiger partial charge in [0, 0.05) is 23.9 Å². The van der Waals surface area contributed by atoms with Crippen molar-refractivity contribution >= 4 is 23.2 Å². The topological polar surface area (TPSA) is 49.4 Å². The number of hydrogen-bond acceptors (Lipinski definition) is 3. The molecule has 0 bridgehead atoms. The van der Waals surface area contributed by atoms with E-state index in [9.17, 15) is 14.0 Å². The van der Waals surface area contributed by atoms with Gasteiger partial charge in [-0.15, -0.1) is 11.3 Å². The van der Waals surface area contributed by atoms with Crippen molar-refractivity contribution in [2.24, 2.45) is 34.5 Å². The maximum atomic E-state index is 14.7. The molecular formula is C25H35FN2O2S. The fourth-order valence-electron chi connectivity index (χ4n) is 8.35. The van der Waals surface area contributed by atoms with Crippen molar-refractivity contribution < 1.29 is 14.0 Å². The highest BCUT2D eigenvalue weighted by Gasteiger charge is 2.63. The Morgan fingerprint density at radius 1 is 1.19 bits per heavy atom. The van der Waals surface area contributed by atoms with Gasteiger partial charge in [0.2, 0.25) is 5.91 Å². The first-order chi connectivity index (χ1) is 14.8. The molecule has 1 saturated heterocycles. The summed E-state index contributed by atoms with van der Waals surface area (Å²) in [4.78, 5) is 28.4. The van der Waals surface area contributed by atoms with E-state index in [1.807, 2.05) is 11.4 Å². The largest absolute Gasteiger partial charge is 0.351 e. The van der Waals surface area contributed by atoms with E-state index in [-0.39, 0.29) is 34.6 Å². The van der Waals surface area contributed by atoms with Crippen LogP contribution in [-0.2, 0) is 16.1 Å². The standard InChI is InChI=1S/C25H35FN2O2S/c1-24-11-10-18-16(6-9-21-25(18,2)13-20(26)23(30)28(21)3)17(24)7-8-19(24)22(29)27-14-15-5-4-12-31-15/h4-5,12,16-21H,6-11,13-14H2,1-3H3,(H,27,29)/t16?,17-,18?,19+,20+,21+,24-,25+/m0/s1. The molecule has 4 fully saturated rings. The van der Waals surface area contributed by atoms with E-state index in [2.05, 4.69) is 25.2 Å². The normalized spacial score (nSPS) is 44.4. The Labute approximate surface area is 189 Å². The van der Waals surface area contributed by atoms with Gasteiger partial charge in [0.25, 0.3) is 5.91 Å².